The van der Waals surface area contributed by atoms with Gasteiger partial charge in [-0.3, -0.25) is 9.59 Å². The largest absolute Gasteiger partial charge is 0.507 e. The zero-order chi connectivity index (χ0) is 45.3. The molecule has 3 saturated heterocycles. The number of hydrogen-bond acceptors (Lipinski definition) is 21. The molecule has 3 aliphatic rings. The lowest BCUT2D eigenvalue weighted by Gasteiger charge is -2.45. The van der Waals surface area contributed by atoms with E-state index in [2.05, 4.69) is 0 Å². The van der Waals surface area contributed by atoms with E-state index in [0.717, 1.165) is 18.6 Å². The minimum atomic E-state index is -1.98. The second-order valence-electron chi connectivity index (χ2n) is 15.4. The molecule has 1 aromatic heterocycles. The summed E-state index contributed by atoms with van der Waals surface area (Å²) in [5.74, 6) is -2.07. The highest BCUT2D eigenvalue weighted by Crippen LogP contribution is 2.42. The Morgan fingerprint density at radius 2 is 1.39 bits per heavy atom. The van der Waals surface area contributed by atoms with Crippen molar-refractivity contribution in [3.05, 3.63) is 57.8 Å². The molecular formula is C41H52O21. The average molecular weight is 881 g/mol. The van der Waals surface area contributed by atoms with Crippen molar-refractivity contribution >= 4 is 16.9 Å². The number of allylic oxidation sites excluding steroid dienone is 2. The molecule has 0 radical (unpaired) electrons. The van der Waals surface area contributed by atoms with Crippen molar-refractivity contribution in [1.29, 1.82) is 0 Å². The molecule has 62 heavy (non-hydrogen) atoms. The standard InChI is InChI=1S/C41H52O21/c1-15(2)6-11-20-22(57-39-32(51)30(49)27(46)23(13-42)58-39)12-21(44)25-29(48)38(35(60-36(20)25)18-7-9-19(54-5)10-8-18)62-41-34(53)37(26(45)16(3)56-41)61-40-33(52)31(50)28(47)24(59-40)14-55-17(4)43/h6-10,12,16,23-24,26-28,30-34,37,39-42,44-47,49-53H,11,13-14H2,1-5H3. The van der Waals surface area contributed by atoms with Gasteiger partial charge in [0, 0.05) is 24.1 Å². The first-order chi connectivity index (χ1) is 29.4. The van der Waals surface area contributed by atoms with Gasteiger partial charge in [-0.25, -0.2) is 0 Å². The van der Waals surface area contributed by atoms with E-state index in [1.165, 1.54) is 26.2 Å². The maximum Gasteiger partial charge on any atom is 0.302 e. The van der Waals surface area contributed by atoms with E-state index in [4.69, 9.17) is 42.3 Å². The fourth-order valence-electron chi connectivity index (χ4n) is 7.19. The van der Waals surface area contributed by atoms with Crippen molar-refractivity contribution in [1.82, 2.24) is 0 Å². The van der Waals surface area contributed by atoms with Crippen LogP contribution < -0.4 is 19.6 Å². The van der Waals surface area contributed by atoms with Crippen LogP contribution in [-0.4, -0.2) is 169 Å². The van der Waals surface area contributed by atoms with E-state index in [1.54, 1.807) is 32.1 Å². The van der Waals surface area contributed by atoms with Crippen molar-refractivity contribution in [2.75, 3.05) is 20.3 Å². The molecule has 4 heterocycles. The van der Waals surface area contributed by atoms with Gasteiger partial charge in [-0.05, 0) is 51.5 Å². The van der Waals surface area contributed by atoms with Crippen LogP contribution in [-0.2, 0) is 34.9 Å². The molecule has 10 N–H and O–H groups in total. The topological polar surface area (TPSA) is 323 Å². The number of carbonyl (C=O) groups is 1. The van der Waals surface area contributed by atoms with Crippen LogP contribution in [0.25, 0.3) is 22.3 Å². The third-order valence-electron chi connectivity index (χ3n) is 10.8. The molecule has 3 aromatic rings. The van der Waals surface area contributed by atoms with E-state index < -0.39 is 134 Å². The number of phenolic OH excluding ortho intramolecular Hbond substituents is 1. The number of carbonyl (C=O) groups excluding carboxylic acids is 1. The first kappa shape index (κ1) is 47.0. The van der Waals surface area contributed by atoms with Crippen LogP contribution in [0.3, 0.4) is 0 Å². The number of phenols is 1. The molecule has 0 aliphatic carbocycles. The number of esters is 1. The lowest BCUT2D eigenvalue weighted by molar-refractivity contribution is -0.350. The number of hydrogen-bond donors (Lipinski definition) is 10. The number of methoxy groups -OCH3 is 1. The highest BCUT2D eigenvalue weighted by Gasteiger charge is 2.51. The SMILES string of the molecule is COc1ccc(-c2oc3c(CC=C(C)C)c(OC4OC(CO)C(O)C(O)C4O)cc(O)c3c(=O)c2OC2OC(C)C(O)C(OC3OC(COC(C)=O)C(O)C(O)C3O)C2O)cc1. The summed E-state index contributed by atoms with van der Waals surface area (Å²) in [5.41, 5.74) is -0.0532. The molecule has 2 aromatic carbocycles. The molecule has 6 rings (SSSR count). The van der Waals surface area contributed by atoms with Gasteiger partial charge in [0.05, 0.1) is 19.8 Å². The van der Waals surface area contributed by atoms with Gasteiger partial charge in [-0.2, -0.15) is 0 Å². The van der Waals surface area contributed by atoms with Gasteiger partial charge in [-0.1, -0.05) is 11.6 Å². The maximum atomic E-state index is 14.7. The zero-order valence-corrected chi connectivity index (χ0v) is 34.2. The third-order valence-corrected chi connectivity index (χ3v) is 10.8. The summed E-state index contributed by atoms with van der Waals surface area (Å²) in [7, 11) is 1.44. The van der Waals surface area contributed by atoms with Crippen LogP contribution in [0.15, 0.2) is 51.2 Å². The number of aliphatic hydroxyl groups is 9. The van der Waals surface area contributed by atoms with Crippen LogP contribution in [0.4, 0.5) is 0 Å². The summed E-state index contributed by atoms with van der Waals surface area (Å²) in [5, 5.41) is 107. The molecule has 3 fully saturated rings. The second-order valence-corrected chi connectivity index (χ2v) is 15.4. The number of aliphatic hydroxyl groups excluding tert-OH is 9. The number of fused-ring (bicyclic) bond motifs is 1. The Labute approximate surface area is 353 Å². The Balaban J connectivity index is 1.43. The van der Waals surface area contributed by atoms with Gasteiger partial charge in [0.1, 0.15) is 102 Å². The lowest BCUT2D eigenvalue weighted by atomic mass is 9.97. The van der Waals surface area contributed by atoms with Crippen molar-refractivity contribution in [3.8, 4) is 34.3 Å². The Kier molecular flexibility index (Phi) is 14.8. The number of ether oxygens (including phenoxy) is 8. The molecule has 15 unspecified atom stereocenters. The highest BCUT2D eigenvalue weighted by atomic mass is 16.7. The molecule has 0 amide bonds. The molecule has 342 valence electrons. The summed E-state index contributed by atoms with van der Waals surface area (Å²) in [6.45, 7) is 4.79. The summed E-state index contributed by atoms with van der Waals surface area (Å²) in [6, 6.07) is 7.17. The molecule has 0 spiro atoms. The molecule has 0 saturated carbocycles. The van der Waals surface area contributed by atoms with Crippen molar-refractivity contribution in [2.45, 2.75) is 126 Å². The molecular weight excluding hydrogens is 828 g/mol. The van der Waals surface area contributed by atoms with E-state index >= 15 is 0 Å². The summed E-state index contributed by atoms with van der Waals surface area (Å²) >= 11 is 0. The summed E-state index contributed by atoms with van der Waals surface area (Å²) < 4.78 is 51.5. The van der Waals surface area contributed by atoms with Gasteiger partial charge >= 0.3 is 5.97 Å². The Bertz CT molecular complexity index is 2120. The van der Waals surface area contributed by atoms with E-state index in [0.29, 0.717) is 5.75 Å². The predicted octanol–water partition coefficient (Wildman–Crippen LogP) is -1.54. The van der Waals surface area contributed by atoms with Gasteiger partial charge < -0.3 is 93.4 Å². The fourth-order valence-corrected chi connectivity index (χ4v) is 7.19. The Morgan fingerprint density at radius 3 is 2.00 bits per heavy atom. The molecule has 15 atom stereocenters. The van der Waals surface area contributed by atoms with E-state index in [-0.39, 0.29) is 34.6 Å². The van der Waals surface area contributed by atoms with Gasteiger partial charge in [0.2, 0.25) is 23.8 Å². The van der Waals surface area contributed by atoms with Gasteiger partial charge in [0.25, 0.3) is 0 Å². The quantitative estimate of drug-likeness (QED) is 0.0687. The molecule has 21 heteroatoms. The van der Waals surface area contributed by atoms with Gasteiger partial charge in [-0.15, -0.1) is 0 Å². The number of benzene rings is 2. The Morgan fingerprint density at radius 1 is 0.774 bits per heavy atom. The van der Waals surface area contributed by atoms with E-state index in [9.17, 15) is 60.7 Å². The van der Waals surface area contributed by atoms with Crippen LogP contribution in [0.5, 0.6) is 23.0 Å². The maximum absolute atomic E-state index is 14.7. The van der Waals surface area contributed by atoms with Crippen molar-refractivity contribution < 1.29 is 98.2 Å². The number of rotatable bonds is 13. The smallest absolute Gasteiger partial charge is 0.302 e. The summed E-state index contributed by atoms with van der Waals surface area (Å²) in [6.07, 6.45) is -23.7. The van der Waals surface area contributed by atoms with Crippen molar-refractivity contribution in [2.24, 2.45) is 0 Å². The van der Waals surface area contributed by atoms with E-state index in [1.807, 2.05) is 0 Å². The Hall–Kier alpha value is -4.46. The third kappa shape index (κ3) is 9.55. The first-order valence-electron chi connectivity index (χ1n) is 19.6. The highest BCUT2D eigenvalue weighted by molar-refractivity contribution is 5.91. The monoisotopic (exact) mass is 880 g/mol. The van der Waals surface area contributed by atoms with Crippen LogP contribution in [0.1, 0.15) is 33.3 Å². The van der Waals surface area contributed by atoms with Crippen molar-refractivity contribution in [3.63, 3.8) is 0 Å². The molecule has 0 bridgehead atoms. The van der Waals surface area contributed by atoms with Crippen LogP contribution in [0, 0.1) is 0 Å². The van der Waals surface area contributed by atoms with Crippen LogP contribution in [0.2, 0.25) is 0 Å². The normalized spacial score (nSPS) is 33.7. The molecule has 3 aliphatic heterocycles. The minimum Gasteiger partial charge on any atom is -0.507 e. The lowest BCUT2D eigenvalue weighted by Crippen LogP contribution is -2.64. The van der Waals surface area contributed by atoms with Gasteiger partial charge in [0.15, 0.2) is 12.1 Å². The second kappa shape index (κ2) is 19.5. The zero-order valence-electron chi connectivity index (χ0n) is 34.2. The first-order valence-corrected chi connectivity index (χ1v) is 19.6. The van der Waals surface area contributed by atoms with Crippen LogP contribution >= 0.6 is 0 Å². The molecule has 21 nitrogen and oxygen atoms in total. The summed E-state index contributed by atoms with van der Waals surface area (Å²) in [4.78, 5) is 26.1. The average Bonchev–Trinajstić information content (AvgIpc) is 3.24. The minimum absolute atomic E-state index is 0.00150. The predicted molar refractivity (Wildman–Crippen MR) is 209 cm³/mol. The fraction of sp³-hybridized carbons (Fsp3) is 0.561. The number of aromatic hydroxyl groups is 1.